The van der Waals surface area contributed by atoms with Crippen molar-refractivity contribution >= 4 is 43.4 Å². The predicted molar refractivity (Wildman–Crippen MR) is 237 cm³/mol. The molecule has 2 aromatic heterocycles. The van der Waals surface area contributed by atoms with Gasteiger partial charge in [0.15, 0.2) is 0 Å². The molecule has 0 fully saturated rings. The third-order valence-corrected chi connectivity index (χ3v) is 12.2. The van der Waals surface area contributed by atoms with E-state index in [0.29, 0.717) is 5.95 Å². The number of rotatable bonds is 4. The molecule has 0 bridgehead atoms. The van der Waals surface area contributed by atoms with E-state index in [1.807, 2.05) is 0 Å². The van der Waals surface area contributed by atoms with E-state index in [1.165, 1.54) is 71.3 Å². The summed E-state index contributed by atoms with van der Waals surface area (Å²) in [5, 5.41) is 7.42. The Balaban J connectivity index is 1.24. The molecular formula is C54H31N3. The number of aromatic nitrogens is 3. The average molecular weight is 722 g/mol. The average Bonchev–Trinajstić information content (AvgIpc) is 3.75. The van der Waals surface area contributed by atoms with Crippen molar-refractivity contribution in [2.75, 3.05) is 0 Å². The summed E-state index contributed by atoms with van der Waals surface area (Å²) in [5.74, 6) is 0.664. The number of fused-ring (bicyclic) bond motifs is 5. The van der Waals surface area contributed by atoms with Gasteiger partial charge in [-0.25, -0.2) is 9.97 Å². The molecule has 3 nitrogen and oxygen atoms in total. The van der Waals surface area contributed by atoms with Gasteiger partial charge in [0.25, 0.3) is 0 Å². The lowest BCUT2D eigenvalue weighted by Crippen LogP contribution is -2.05. The lowest BCUT2D eigenvalue weighted by molar-refractivity contribution is 0.999. The van der Waals surface area contributed by atoms with Gasteiger partial charge in [-0.1, -0.05) is 164 Å². The van der Waals surface area contributed by atoms with Gasteiger partial charge in [-0.05, 0) is 95.9 Å². The topological polar surface area (TPSA) is 30.7 Å². The molecule has 2 heterocycles. The lowest BCUT2D eigenvalue weighted by atomic mass is 9.91. The van der Waals surface area contributed by atoms with Crippen molar-refractivity contribution in [2.24, 2.45) is 0 Å². The van der Waals surface area contributed by atoms with Crippen LogP contribution in [0.4, 0.5) is 0 Å². The molecule has 262 valence electrons. The van der Waals surface area contributed by atoms with Crippen LogP contribution in [0.25, 0.3) is 127 Å². The molecule has 0 N–H and O–H groups in total. The first-order valence-corrected chi connectivity index (χ1v) is 19.6. The van der Waals surface area contributed by atoms with Gasteiger partial charge < -0.3 is 0 Å². The Morgan fingerprint density at radius 3 is 1.26 bits per heavy atom. The maximum Gasteiger partial charge on any atom is 0.235 e. The second kappa shape index (κ2) is 11.5. The van der Waals surface area contributed by atoms with Crippen molar-refractivity contribution < 1.29 is 0 Å². The van der Waals surface area contributed by atoms with Gasteiger partial charge in [-0.3, -0.25) is 4.57 Å². The zero-order valence-corrected chi connectivity index (χ0v) is 30.7. The van der Waals surface area contributed by atoms with Crippen LogP contribution < -0.4 is 0 Å². The van der Waals surface area contributed by atoms with E-state index in [1.54, 1.807) is 0 Å². The first-order valence-electron chi connectivity index (χ1n) is 19.6. The molecule has 3 heteroatoms. The first kappa shape index (κ1) is 30.7. The molecule has 0 spiro atoms. The van der Waals surface area contributed by atoms with E-state index in [9.17, 15) is 0 Å². The van der Waals surface area contributed by atoms with Crippen LogP contribution >= 0.6 is 0 Å². The highest BCUT2D eigenvalue weighted by Gasteiger charge is 2.31. The largest absolute Gasteiger partial charge is 0.278 e. The summed E-state index contributed by atoms with van der Waals surface area (Å²) in [6, 6.07) is 68.4. The minimum Gasteiger partial charge on any atom is -0.278 e. The quantitative estimate of drug-likeness (QED) is 0.181. The van der Waals surface area contributed by atoms with Crippen LogP contribution in [0.1, 0.15) is 0 Å². The van der Waals surface area contributed by atoms with E-state index < -0.39 is 0 Å². The van der Waals surface area contributed by atoms with E-state index in [0.717, 1.165) is 50.2 Å². The van der Waals surface area contributed by atoms with Crippen molar-refractivity contribution in [1.29, 1.82) is 0 Å². The highest BCUT2D eigenvalue weighted by Crippen LogP contribution is 2.53. The van der Waals surface area contributed by atoms with Crippen molar-refractivity contribution in [1.82, 2.24) is 14.5 Å². The molecule has 0 atom stereocenters. The Morgan fingerprint density at radius 2 is 0.737 bits per heavy atom. The number of hydrogen-bond acceptors (Lipinski definition) is 2. The molecule has 2 aliphatic rings. The zero-order chi connectivity index (χ0) is 37.2. The van der Waals surface area contributed by atoms with Crippen molar-refractivity contribution in [2.45, 2.75) is 0 Å². The Hall–Kier alpha value is -7.62. The van der Waals surface area contributed by atoms with Crippen LogP contribution in [0.15, 0.2) is 188 Å². The molecule has 0 unspecified atom stereocenters. The summed E-state index contributed by atoms with van der Waals surface area (Å²) in [7, 11) is 0. The summed E-state index contributed by atoms with van der Waals surface area (Å²) >= 11 is 0. The van der Waals surface area contributed by atoms with Gasteiger partial charge >= 0.3 is 0 Å². The Bertz CT molecular complexity index is 3350. The second-order valence-electron chi connectivity index (χ2n) is 15.3. The molecule has 0 aliphatic heterocycles. The number of hydrogen-bond donors (Lipinski definition) is 0. The summed E-state index contributed by atoms with van der Waals surface area (Å²) in [6.45, 7) is 0. The van der Waals surface area contributed by atoms with Gasteiger partial charge in [0, 0.05) is 27.5 Å². The van der Waals surface area contributed by atoms with Gasteiger partial charge in [0.05, 0.1) is 22.4 Å². The van der Waals surface area contributed by atoms with Crippen LogP contribution in [0.5, 0.6) is 0 Å². The molecule has 0 radical (unpaired) electrons. The van der Waals surface area contributed by atoms with E-state index >= 15 is 0 Å². The fraction of sp³-hybridized carbons (Fsp3) is 0. The molecule has 11 aromatic rings. The maximum atomic E-state index is 5.67. The molecule has 0 saturated carbocycles. The summed E-state index contributed by atoms with van der Waals surface area (Å²) in [6.07, 6.45) is 0. The van der Waals surface area contributed by atoms with Crippen molar-refractivity contribution in [3.05, 3.63) is 188 Å². The van der Waals surface area contributed by atoms with E-state index in [2.05, 4.69) is 193 Å². The predicted octanol–water partition coefficient (Wildman–Crippen LogP) is 14.2. The van der Waals surface area contributed by atoms with Crippen LogP contribution in [-0.4, -0.2) is 14.5 Å². The molecule has 0 amide bonds. The monoisotopic (exact) mass is 721 g/mol. The van der Waals surface area contributed by atoms with Crippen molar-refractivity contribution in [3.63, 3.8) is 0 Å². The zero-order valence-electron chi connectivity index (χ0n) is 30.7. The Kier molecular flexibility index (Phi) is 6.16. The first-order chi connectivity index (χ1) is 28.3. The van der Waals surface area contributed by atoms with Crippen LogP contribution in [0.3, 0.4) is 0 Å². The van der Waals surface area contributed by atoms with Crippen LogP contribution in [0.2, 0.25) is 0 Å². The smallest absolute Gasteiger partial charge is 0.235 e. The normalized spacial score (nSPS) is 12.2. The third kappa shape index (κ3) is 4.26. The summed E-state index contributed by atoms with van der Waals surface area (Å²) < 4.78 is 2.36. The molecule has 13 rings (SSSR count). The molecule has 2 aliphatic carbocycles. The van der Waals surface area contributed by atoms with Gasteiger partial charge in [0.1, 0.15) is 0 Å². The fourth-order valence-electron chi connectivity index (χ4n) is 9.84. The Labute approximate surface area is 328 Å². The van der Waals surface area contributed by atoms with Crippen LogP contribution in [-0.2, 0) is 0 Å². The second-order valence-corrected chi connectivity index (χ2v) is 15.3. The summed E-state index contributed by atoms with van der Waals surface area (Å²) in [4.78, 5) is 11.3. The van der Waals surface area contributed by atoms with E-state index in [-0.39, 0.29) is 0 Å². The van der Waals surface area contributed by atoms with Gasteiger partial charge in [0.2, 0.25) is 5.95 Å². The Morgan fingerprint density at radius 1 is 0.298 bits per heavy atom. The number of nitrogens with zero attached hydrogens (tertiary/aromatic N) is 3. The maximum absolute atomic E-state index is 5.67. The van der Waals surface area contributed by atoms with Gasteiger partial charge in [-0.2, -0.15) is 0 Å². The van der Waals surface area contributed by atoms with Crippen LogP contribution in [0, 0.1) is 0 Å². The molecule has 0 saturated heterocycles. The molecule has 57 heavy (non-hydrogen) atoms. The van der Waals surface area contributed by atoms with Crippen molar-refractivity contribution in [3.8, 4) is 84.1 Å². The van der Waals surface area contributed by atoms with E-state index in [4.69, 9.17) is 9.97 Å². The highest BCUT2D eigenvalue weighted by molar-refractivity contribution is 6.28. The third-order valence-electron chi connectivity index (χ3n) is 12.2. The number of benzene rings is 9. The minimum atomic E-state index is 0.664. The standard InChI is InChI=1S/C54H31N3/c1-4-14-32(15-5-1)37-28-43-39-24-10-20-34-21-11-25-40(47(34)39)44-29-38(33-16-6-2-7-17-33)31-46-50(44)49(43)45(30-37)57(46)54-55-52(36-18-8-3-9-19-36)51-41-26-12-22-35-23-13-27-42(48(35)41)53(51)56-54/h1-31H. The van der Waals surface area contributed by atoms with Gasteiger partial charge in [-0.15, -0.1) is 0 Å². The fourth-order valence-corrected chi connectivity index (χ4v) is 9.84. The molecule has 9 aromatic carbocycles. The highest BCUT2D eigenvalue weighted by atomic mass is 15.2. The minimum absolute atomic E-state index is 0.664. The SMILES string of the molecule is c1ccc(-c2cc3c4c5c(cc(-c6ccccc6)cc5n(-c5nc(-c6ccccc6)c6c(n5)-c5cccc7cccc-6c57)c4c2)-c2cccc4cccc-3c24)cc1. The molecular weight excluding hydrogens is 691 g/mol. The lowest BCUT2D eigenvalue weighted by Gasteiger charge is -2.17. The summed E-state index contributed by atoms with van der Waals surface area (Å²) in [5.41, 5.74) is 18.2.